The van der Waals surface area contributed by atoms with Crippen molar-refractivity contribution in [3.05, 3.63) is 88.7 Å². The van der Waals surface area contributed by atoms with E-state index in [4.69, 9.17) is 14.2 Å². The molecule has 212 valence electrons. The fourth-order valence-corrected chi connectivity index (χ4v) is 4.51. The van der Waals surface area contributed by atoms with Crippen molar-refractivity contribution in [2.45, 2.75) is 32.8 Å². The van der Waals surface area contributed by atoms with Gasteiger partial charge in [0.25, 0.3) is 5.88 Å². The van der Waals surface area contributed by atoms with Gasteiger partial charge in [-0.3, -0.25) is 5.32 Å². The Morgan fingerprint density at radius 2 is 1.76 bits per heavy atom. The first-order valence-electron chi connectivity index (χ1n) is 12.5. The molecule has 1 aliphatic heterocycles. The zero-order valence-corrected chi connectivity index (χ0v) is 22.5. The molecule has 4 aromatic rings. The Bertz CT molecular complexity index is 1580. The molecule has 0 atom stereocenters. The molecule has 2 amide bonds. The highest BCUT2D eigenvalue weighted by atomic mass is 19.4. The lowest BCUT2D eigenvalue weighted by molar-refractivity contribution is -0.137. The molecule has 5 rings (SSSR count). The van der Waals surface area contributed by atoms with Crippen LogP contribution in [0.1, 0.15) is 27.8 Å². The van der Waals surface area contributed by atoms with Crippen molar-refractivity contribution in [2.75, 3.05) is 19.5 Å². The van der Waals surface area contributed by atoms with Crippen LogP contribution in [0.5, 0.6) is 17.5 Å². The molecule has 0 saturated heterocycles. The number of carbonyl (C=O) groups is 1. The van der Waals surface area contributed by atoms with Crippen LogP contribution in [-0.4, -0.2) is 40.1 Å². The quantitative estimate of drug-likeness (QED) is 0.293. The van der Waals surface area contributed by atoms with E-state index in [0.29, 0.717) is 24.5 Å². The smallest absolute Gasteiger partial charge is 0.416 e. The summed E-state index contributed by atoms with van der Waals surface area (Å²) < 4.78 is 56.7. The molecule has 2 aromatic heterocycles. The number of amides is 2. The van der Waals surface area contributed by atoms with E-state index < -0.39 is 17.8 Å². The minimum atomic E-state index is -4.55. The number of methoxy groups -OCH3 is 2. The number of nitrogens with zero attached hydrogens (tertiary/aromatic N) is 4. The molecule has 3 heterocycles. The van der Waals surface area contributed by atoms with Gasteiger partial charge < -0.3 is 19.1 Å². The van der Waals surface area contributed by atoms with Gasteiger partial charge in [0.1, 0.15) is 12.4 Å². The number of anilines is 1. The fourth-order valence-electron chi connectivity index (χ4n) is 4.51. The van der Waals surface area contributed by atoms with E-state index in [2.05, 4.69) is 20.3 Å². The Balaban J connectivity index is 1.47. The van der Waals surface area contributed by atoms with Crippen molar-refractivity contribution in [1.29, 1.82) is 0 Å². The minimum absolute atomic E-state index is 0.0106. The summed E-state index contributed by atoms with van der Waals surface area (Å²) in [5, 5.41) is 2.77. The predicted octanol–water partition coefficient (Wildman–Crippen LogP) is 6.01. The second-order valence-corrected chi connectivity index (χ2v) is 9.33. The SMILES string of the molecule is COc1cc2c(cn1)CN(C(=O)Nc1nc(-c3c(C)cc(C(F)(F)F)cc3OC)cnc1OCc1ccccc1)C2. The third-order valence-corrected chi connectivity index (χ3v) is 6.56. The molecule has 9 nitrogen and oxygen atoms in total. The van der Waals surface area contributed by atoms with Crippen LogP contribution in [0, 0.1) is 6.92 Å². The Hall–Kier alpha value is -4.87. The molecule has 0 fully saturated rings. The van der Waals surface area contributed by atoms with Crippen LogP contribution in [0.25, 0.3) is 11.3 Å². The number of ether oxygens (including phenoxy) is 3. The second kappa shape index (κ2) is 11.3. The van der Waals surface area contributed by atoms with Crippen molar-refractivity contribution in [1.82, 2.24) is 19.9 Å². The number of fused-ring (bicyclic) bond motifs is 1. The summed E-state index contributed by atoms with van der Waals surface area (Å²) in [7, 11) is 2.80. The summed E-state index contributed by atoms with van der Waals surface area (Å²) in [6, 6.07) is 12.6. The number of urea groups is 1. The number of aryl methyl sites for hydroxylation is 1. The molecule has 0 spiro atoms. The van der Waals surface area contributed by atoms with Crippen molar-refractivity contribution in [3.8, 4) is 28.8 Å². The molecular formula is C29H26F3N5O4. The number of alkyl halides is 3. The van der Waals surface area contributed by atoms with Crippen molar-refractivity contribution >= 4 is 11.8 Å². The normalized spacial score (nSPS) is 12.6. The summed E-state index contributed by atoms with van der Waals surface area (Å²) in [6.07, 6.45) is -1.52. The average molecular weight is 566 g/mol. The number of hydrogen-bond donors (Lipinski definition) is 1. The number of benzene rings is 2. The molecule has 41 heavy (non-hydrogen) atoms. The number of rotatable bonds is 7. The van der Waals surface area contributed by atoms with Gasteiger partial charge in [0.05, 0.1) is 31.7 Å². The van der Waals surface area contributed by atoms with E-state index in [1.165, 1.54) is 27.3 Å². The van der Waals surface area contributed by atoms with Gasteiger partial charge in [-0.1, -0.05) is 30.3 Å². The number of carbonyl (C=O) groups excluding carboxylic acids is 1. The van der Waals surface area contributed by atoms with Crippen molar-refractivity contribution in [3.63, 3.8) is 0 Å². The first kappa shape index (κ1) is 27.7. The van der Waals surface area contributed by atoms with Crippen LogP contribution < -0.4 is 19.5 Å². The van der Waals surface area contributed by atoms with E-state index in [1.807, 2.05) is 30.3 Å². The molecule has 0 unspecified atom stereocenters. The van der Waals surface area contributed by atoms with Crippen molar-refractivity contribution in [2.24, 2.45) is 0 Å². The lowest BCUT2D eigenvalue weighted by Crippen LogP contribution is -2.31. The first-order valence-corrected chi connectivity index (χ1v) is 12.5. The van der Waals surface area contributed by atoms with Gasteiger partial charge in [-0.15, -0.1) is 0 Å². The number of halogens is 3. The highest BCUT2D eigenvalue weighted by Crippen LogP contribution is 2.40. The zero-order chi connectivity index (χ0) is 29.1. The van der Waals surface area contributed by atoms with E-state index in [9.17, 15) is 18.0 Å². The summed E-state index contributed by atoms with van der Waals surface area (Å²) in [6.45, 7) is 2.31. The second-order valence-electron chi connectivity index (χ2n) is 9.33. The van der Waals surface area contributed by atoms with E-state index >= 15 is 0 Å². The van der Waals surface area contributed by atoms with Crippen LogP contribution in [0.2, 0.25) is 0 Å². The van der Waals surface area contributed by atoms with Gasteiger partial charge in [0, 0.05) is 30.9 Å². The molecule has 0 bridgehead atoms. The molecule has 1 aliphatic rings. The molecule has 12 heteroatoms. The molecule has 0 radical (unpaired) electrons. The average Bonchev–Trinajstić information content (AvgIpc) is 3.40. The molecule has 2 aromatic carbocycles. The lowest BCUT2D eigenvalue weighted by atomic mass is 10.0. The van der Waals surface area contributed by atoms with Crippen LogP contribution in [0.3, 0.4) is 0 Å². The summed E-state index contributed by atoms with van der Waals surface area (Å²) >= 11 is 0. The predicted molar refractivity (Wildman–Crippen MR) is 144 cm³/mol. The van der Waals surface area contributed by atoms with Crippen LogP contribution in [-0.2, 0) is 25.9 Å². The zero-order valence-electron chi connectivity index (χ0n) is 22.5. The molecule has 1 N–H and O–H groups in total. The summed E-state index contributed by atoms with van der Waals surface area (Å²) in [5.74, 6) is 0.478. The fraction of sp³-hybridized carbons (Fsp3) is 0.241. The van der Waals surface area contributed by atoms with Crippen LogP contribution >= 0.6 is 0 Å². The van der Waals surface area contributed by atoms with E-state index in [0.717, 1.165) is 28.8 Å². The third-order valence-electron chi connectivity index (χ3n) is 6.56. The number of pyridine rings is 1. The minimum Gasteiger partial charge on any atom is -0.496 e. The van der Waals surface area contributed by atoms with Gasteiger partial charge in [0.15, 0.2) is 5.82 Å². The summed E-state index contributed by atoms with van der Waals surface area (Å²) in [5.41, 5.74) is 2.59. The van der Waals surface area contributed by atoms with Gasteiger partial charge in [-0.25, -0.2) is 19.7 Å². The monoisotopic (exact) mass is 565 g/mol. The maximum Gasteiger partial charge on any atom is 0.416 e. The first-order chi connectivity index (χ1) is 19.7. The lowest BCUT2D eigenvalue weighted by Gasteiger charge is -2.19. The van der Waals surface area contributed by atoms with Crippen LogP contribution in [0.15, 0.2) is 60.9 Å². The number of hydrogen-bond acceptors (Lipinski definition) is 7. The number of aromatic nitrogens is 3. The highest BCUT2D eigenvalue weighted by Gasteiger charge is 2.33. The van der Waals surface area contributed by atoms with Gasteiger partial charge in [0.2, 0.25) is 5.88 Å². The Morgan fingerprint density at radius 3 is 2.46 bits per heavy atom. The molecular weight excluding hydrogens is 539 g/mol. The number of nitrogens with one attached hydrogen (secondary N) is 1. The van der Waals surface area contributed by atoms with Gasteiger partial charge in [-0.05, 0) is 41.3 Å². The summed E-state index contributed by atoms with van der Waals surface area (Å²) in [4.78, 5) is 28.0. The Labute approximate surface area is 233 Å². The van der Waals surface area contributed by atoms with E-state index in [1.54, 1.807) is 17.2 Å². The maximum absolute atomic E-state index is 13.4. The van der Waals surface area contributed by atoms with Crippen molar-refractivity contribution < 1.29 is 32.2 Å². The molecule has 0 saturated carbocycles. The van der Waals surface area contributed by atoms with Gasteiger partial charge >= 0.3 is 12.2 Å². The Kier molecular flexibility index (Phi) is 7.64. The van der Waals surface area contributed by atoms with Gasteiger partial charge in [-0.2, -0.15) is 13.2 Å². The highest BCUT2D eigenvalue weighted by molar-refractivity contribution is 5.90. The van der Waals surface area contributed by atoms with Crippen LogP contribution in [0.4, 0.5) is 23.8 Å². The molecule has 0 aliphatic carbocycles. The largest absolute Gasteiger partial charge is 0.496 e. The topological polar surface area (TPSA) is 98.7 Å². The maximum atomic E-state index is 13.4. The third kappa shape index (κ3) is 6.01. The standard InChI is InChI=1S/C29H26F3N5O4/c1-17-9-21(29(30,31)32)11-23(39-2)25(17)22-13-34-27(41-16-18-7-5-4-6-8-18)26(35-22)36-28(38)37-14-19-10-24(40-3)33-12-20(19)15-37/h4-13H,14-16H2,1-3H3,(H,35,36,38). The Morgan fingerprint density at radius 1 is 1.00 bits per heavy atom. The van der Waals surface area contributed by atoms with E-state index in [-0.39, 0.29) is 35.3 Å².